The Morgan fingerprint density at radius 2 is 1.90 bits per heavy atom. The Labute approximate surface area is 288 Å². The number of piperidine rings is 1. The fraction of sp³-hybridized carbons (Fsp3) is 0.343. The number of carbonyl (C=O) groups is 4. The van der Waals surface area contributed by atoms with Crippen molar-refractivity contribution in [2.45, 2.75) is 56.4 Å². The lowest BCUT2D eigenvalue weighted by molar-refractivity contribution is -0.138. The number of rotatable bonds is 5. The number of anilines is 2. The van der Waals surface area contributed by atoms with E-state index in [1.807, 2.05) is 18.2 Å². The molecule has 4 aliphatic rings. The van der Waals surface area contributed by atoms with Gasteiger partial charge in [-0.15, -0.1) is 0 Å². The van der Waals surface area contributed by atoms with Gasteiger partial charge < -0.3 is 20.1 Å². The van der Waals surface area contributed by atoms with Crippen molar-refractivity contribution in [3.63, 3.8) is 0 Å². The number of hydrogen-bond acceptors (Lipinski definition) is 6. The molecule has 8 rings (SSSR count). The van der Waals surface area contributed by atoms with Crippen molar-refractivity contribution in [3.05, 3.63) is 76.2 Å². The number of aromatic amines is 1. The Bertz CT molecular complexity index is 2170. The number of amides is 4. The van der Waals surface area contributed by atoms with Crippen LogP contribution in [0.2, 0.25) is 5.02 Å². The van der Waals surface area contributed by atoms with Crippen LogP contribution in [-0.2, 0) is 32.6 Å². The highest BCUT2D eigenvalue weighted by atomic mass is 35.5. The minimum atomic E-state index is -4.55. The van der Waals surface area contributed by atoms with Gasteiger partial charge in [0, 0.05) is 54.4 Å². The molecule has 1 aliphatic carbocycles. The monoisotopic (exact) mass is 703 g/mol. The van der Waals surface area contributed by atoms with Crippen LogP contribution < -0.4 is 15.5 Å². The molecular formula is C35H29ClF3N7O4. The molecule has 2 aromatic heterocycles. The topological polar surface area (TPSA) is 132 Å². The zero-order valence-corrected chi connectivity index (χ0v) is 27.1. The molecule has 3 N–H and O–H groups in total. The summed E-state index contributed by atoms with van der Waals surface area (Å²) in [6.45, 7) is 1.68. The molecule has 11 nitrogen and oxygen atoms in total. The highest BCUT2D eigenvalue weighted by molar-refractivity contribution is 6.33. The number of alkyl halides is 3. The van der Waals surface area contributed by atoms with E-state index < -0.39 is 35.1 Å². The van der Waals surface area contributed by atoms with Crippen LogP contribution in [0.4, 0.5) is 24.5 Å². The van der Waals surface area contributed by atoms with Crippen LogP contribution in [-0.4, -0.2) is 62.4 Å². The molecule has 3 fully saturated rings. The first-order valence-electron chi connectivity index (χ1n) is 16.2. The lowest BCUT2D eigenvalue weighted by Crippen LogP contribution is -2.52. The lowest BCUT2D eigenvalue weighted by atomic mass is 9.76. The molecule has 1 unspecified atom stereocenters. The van der Waals surface area contributed by atoms with E-state index in [9.17, 15) is 32.3 Å². The number of fused-ring (bicyclic) bond motifs is 3. The Balaban J connectivity index is 0.913. The number of aromatic nitrogens is 3. The van der Waals surface area contributed by atoms with Crippen molar-refractivity contribution in [1.82, 2.24) is 25.0 Å². The van der Waals surface area contributed by atoms with Gasteiger partial charge in [0.1, 0.15) is 17.3 Å². The van der Waals surface area contributed by atoms with Crippen LogP contribution >= 0.6 is 11.6 Å². The number of nitrogens with one attached hydrogen (secondary N) is 3. The second-order valence-corrected chi connectivity index (χ2v) is 13.6. The van der Waals surface area contributed by atoms with Crippen molar-refractivity contribution >= 4 is 57.5 Å². The second kappa shape index (κ2) is 11.7. The first-order valence-corrected chi connectivity index (χ1v) is 16.6. The van der Waals surface area contributed by atoms with Crippen LogP contribution in [0.25, 0.3) is 10.9 Å². The third kappa shape index (κ3) is 5.36. The zero-order chi connectivity index (χ0) is 34.9. The Morgan fingerprint density at radius 1 is 1.10 bits per heavy atom. The fourth-order valence-corrected chi connectivity index (χ4v) is 7.31. The summed E-state index contributed by atoms with van der Waals surface area (Å²) in [5.74, 6) is 5.12. The van der Waals surface area contributed by atoms with Crippen LogP contribution in [0.3, 0.4) is 0 Å². The molecule has 50 heavy (non-hydrogen) atoms. The maximum Gasteiger partial charge on any atom is 0.416 e. The molecule has 256 valence electrons. The number of carbonyl (C=O) groups excluding carboxylic acids is 4. The molecule has 1 saturated carbocycles. The first-order chi connectivity index (χ1) is 23.9. The summed E-state index contributed by atoms with van der Waals surface area (Å²) in [4.78, 5) is 57.5. The SMILES string of the molecule is O=C1CCC(N2Cc3c([nH]c4ccc(N5CC(C#Cc6cnn(C7(C(=O)Nc8ccc(C(F)(F)F)cc8Cl)CCC7)c6)C5)cc34)C2=O)C(=O)N1. The molecule has 15 heteroatoms. The summed E-state index contributed by atoms with van der Waals surface area (Å²) < 4.78 is 40.7. The van der Waals surface area contributed by atoms with Gasteiger partial charge in [-0.25, -0.2) is 0 Å². The molecule has 0 spiro atoms. The lowest BCUT2D eigenvalue weighted by Gasteiger charge is -2.40. The molecule has 0 bridgehead atoms. The Kier molecular flexibility index (Phi) is 7.45. The summed E-state index contributed by atoms with van der Waals surface area (Å²) in [6, 6.07) is 8.12. The van der Waals surface area contributed by atoms with Crippen molar-refractivity contribution in [2.24, 2.45) is 5.92 Å². The average molecular weight is 704 g/mol. The van der Waals surface area contributed by atoms with Crippen LogP contribution in [0, 0.1) is 17.8 Å². The van der Waals surface area contributed by atoms with Gasteiger partial charge in [-0.3, -0.25) is 29.2 Å². The van der Waals surface area contributed by atoms with Crippen LogP contribution in [0.5, 0.6) is 0 Å². The normalized spacial score (nSPS) is 20.2. The number of halogens is 4. The van der Waals surface area contributed by atoms with E-state index in [1.165, 1.54) is 4.90 Å². The fourth-order valence-electron chi connectivity index (χ4n) is 7.09. The number of benzene rings is 2. The van der Waals surface area contributed by atoms with Gasteiger partial charge in [0.25, 0.3) is 11.8 Å². The van der Waals surface area contributed by atoms with Crippen LogP contribution in [0.15, 0.2) is 48.8 Å². The van der Waals surface area contributed by atoms with Gasteiger partial charge in [-0.2, -0.15) is 18.3 Å². The van der Waals surface area contributed by atoms with Crippen molar-refractivity contribution in [3.8, 4) is 11.8 Å². The van der Waals surface area contributed by atoms with Crippen LogP contribution in [0.1, 0.15) is 59.3 Å². The second-order valence-electron chi connectivity index (χ2n) is 13.2. The van der Waals surface area contributed by atoms with Gasteiger partial charge in [0.2, 0.25) is 11.8 Å². The molecule has 2 saturated heterocycles. The molecule has 1 atom stereocenters. The van der Waals surface area contributed by atoms with Gasteiger partial charge in [0.05, 0.1) is 34.0 Å². The number of nitrogens with zero attached hydrogens (tertiary/aromatic N) is 4. The van der Waals surface area contributed by atoms with Gasteiger partial charge in [-0.1, -0.05) is 23.4 Å². The van der Waals surface area contributed by atoms with Gasteiger partial charge in [0.15, 0.2) is 0 Å². The maximum atomic E-state index is 13.4. The largest absolute Gasteiger partial charge is 0.416 e. The highest BCUT2D eigenvalue weighted by Crippen LogP contribution is 2.41. The highest BCUT2D eigenvalue weighted by Gasteiger charge is 2.47. The number of imide groups is 1. The molecule has 0 radical (unpaired) electrons. The van der Waals surface area contributed by atoms with E-state index >= 15 is 0 Å². The minimum absolute atomic E-state index is 0.0957. The molecule has 3 aliphatic heterocycles. The molecule has 2 aromatic carbocycles. The number of hydrogen-bond donors (Lipinski definition) is 3. The molecule has 4 amide bonds. The van der Waals surface area contributed by atoms with E-state index in [0.717, 1.165) is 46.8 Å². The standard InChI is InChI=1S/C35H29ClF3N7O4/c36-25-12-21(35(37,38)39)4-6-27(25)42-33(50)34(10-1-11-34)46-17-19(14-40-46)2-3-20-15-44(16-20)22-5-7-26-23(13-22)24-18-45(32(49)30(24)41-26)28-8-9-29(47)43-31(28)48/h4-7,12-14,17,20,28,41H,1,8-11,15-16,18H2,(H,42,50)(H,43,47,48). The van der Waals surface area contributed by atoms with Crippen molar-refractivity contribution in [2.75, 3.05) is 23.3 Å². The Hall–Kier alpha value is -5.29. The summed E-state index contributed by atoms with van der Waals surface area (Å²) in [6.07, 6.45) is 1.09. The van der Waals surface area contributed by atoms with Gasteiger partial charge >= 0.3 is 6.18 Å². The summed E-state index contributed by atoms with van der Waals surface area (Å²) in [5.41, 5.74) is 1.99. The Morgan fingerprint density at radius 3 is 2.60 bits per heavy atom. The number of H-pyrrole nitrogens is 1. The van der Waals surface area contributed by atoms with E-state index in [2.05, 4.69) is 37.5 Å². The predicted octanol–water partition coefficient (Wildman–Crippen LogP) is 4.80. The first kappa shape index (κ1) is 31.9. The summed E-state index contributed by atoms with van der Waals surface area (Å²) in [7, 11) is 0. The van der Waals surface area contributed by atoms with E-state index in [-0.39, 0.29) is 41.4 Å². The van der Waals surface area contributed by atoms with E-state index in [1.54, 1.807) is 17.1 Å². The third-order valence-corrected chi connectivity index (χ3v) is 10.4. The third-order valence-electron chi connectivity index (χ3n) is 10.1. The minimum Gasteiger partial charge on any atom is -0.369 e. The van der Waals surface area contributed by atoms with Crippen molar-refractivity contribution < 1.29 is 32.3 Å². The quantitative estimate of drug-likeness (QED) is 0.202. The average Bonchev–Trinajstić information content (AvgIpc) is 3.72. The summed E-state index contributed by atoms with van der Waals surface area (Å²) in [5, 5.41) is 10.1. The van der Waals surface area contributed by atoms with E-state index in [4.69, 9.17) is 11.6 Å². The maximum absolute atomic E-state index is 13.4. The molecular weight excluding hydrogens is 675 g/mol. The molecule has 5 heterocycles. The smallest absolute Gasteiger partial charge is 0.369 e. The molecule has 4 aromatic rings. The van der Waals surface area contributed by atoms with Gasteiger partial charge in [-0.05, 0) is 62.1 Å². The predicted molar refractivity (Wildman–Crippen MR) is 176 cm³/mol. The van der Waals surface area contributed by atoms with Crippen molar-refractivity contribution in [1.29, 1.82) is 0 Å². The zero-order valence-electron chi connectivity index (χ0n) is 26.4. The van der Waals surface area contributed by atoms with E-state index in [0.29, 0.717) is 43.6 Å². The summed E-state index contributed by atoms with van der Waals surface area (Å²) >= 11 is 6.07.